The first-order valence-electron chi connectivity index (χ1n) is 7.67. The number of hydrogen-bond donors (Lipinski definition) is 1. The van der Waals surface area contributed by atoms with E-state index >= 15 is 0 Å². The second-order valence-electron chi connectivity index (χ2n) is 5.72. The van der Waals surface area contributed by atoms with Gasteiger partial charge in [-0.2, -0.15) is 0 Å². The Labute approximate surface area is 130 Å². The SMILES string of the molecule is O=C([C@H]1CCCN1)N1CCC(Oc2ccccc2Cl)CC1. The topological polar surface area (TPSA) is 41.6 Å². The number of para-hydroxylation sites is 1. The molecular formula is C16H21ClN2O2. The molecule has 1 aromatic rings. The molecule has 0 aliphatic carbocycles. The summed E-state index contributed by atoms with van der Waals surface area (Å²) in [7, 11) is 0. The molecule has 4 nitrogen and oxygen atoms in total. The summed E-state index contributed by atoms with van der Waals surface area (Å²) in [5, 5.41) is 3.92. The van der Waals surface area contributed by atoms with Crippen molar-refractivity contribution < 1.29 is 9.53 Å². The van der Waals surface area contributed by atoms with Crippen LogP contribution in [0, 0.1) is 0 Å². The Hall–Kier alpha value is -1.26. The summed E-state index contributed by atoms with van der Waals surface area (Å²) >= 11 is 6.11. The highest BCUT2D eigenvalue weighted by Gasteiger charge is 2.30. The van der Waals surface area contributed by atoms with E-state index in [0.717, 1.165) is 51.1 Å². The number of rotatable bonds is 3. The van der Waals surface area contributed by atoms with Crippen molar-refractivity contribution >= 4 is 17.5 Å². The molecule has 2 fully saturated rings. The van der Waals surface area contributed by atoms with Crippen molar-refractivity contribution in [2.45, 2.75) is 37.8 Å². The van der Waals surface area contributed by atoms with E-state index in [-0.39, 0.29) is 18.1 Å². The summed E-state index contributed by atoms with van der Waals surface area (Å²) in [4.78, 5) is 14.3. The smallest absolute Gasteiger partial charge is 0.239 e. The molecule has 2 aliphatic heterocycles. The van der Waals surface area contributed by atoms with Gasteiger partial charge in [-0.25, -0.2) is 0 Å². The molecule has 0 aromatic heterocycles. The second kappa shape index (κ2) is 6.67. The third kappa shape index (κ3) is 3.50. The van der Waals surface area contributed by atoms with Gasteiger partial charge in [0.1, 0.15) is 11.9 Å². The minimum atomic E-state index is 0.0334. The van der Waals surface area contributed by atoms with E-state index in [1.165, 1.54) is 0 Å². The van der Waals surface area contributed by atoms with Gasteiger partial charge in [0.05, 0.1) is 11.1 Å². The first-order valence-corrected chi connectivity index (χ1v) is 8.05. The Balaban J connectivity index is 1.51. The second-order valence-corrected chi connectivity index (χ2v) is 6.13. The fourth-order valence-electron chi connectivity index (χ4n) is 3.03. The van der Waals surface area contributed by atoms with Crippen LogP contribution in [0.2, 0.25) is 5.02 Å². The summed E-state index contributed by atoms with van der Waals surface area (Å²) in [6.07, 6.45) is 3.94. The van der Waals surface area contributed by atoms with Gasteiger partial charge < -0.3 is 15.0 Å². The summed E-state index contributed by atoms with van der Waals surface area (Å²) in [5.41, 5.74) is 0. The molecule has 2 heterocycles. The molecule has 1 aromatic carbocycles. The molecular weight excluding hydrogens is 288 g/mol. The highest BCUT2D eigenvalue weighted by atomic mass is 35.5. The minimum Gasteiger partial charge on any atom is -0.489 e. The molecule has 2 saturated heterocycles. The average Bonchev–Trinajstić information content (AvgIpc) is 3.04. The van der Waals surface area contributed by atoms with Crippen molar-refractivity contribution in [1.29, 1.82) is 0 Å². The summed E-state index contributed by atoms with van der Waals surface area (Å²) in [5.74, 6) is 0.991. The largest absolute Gasteiger partial charge is 0.489 e. The quantitative estimate of drug-likeness (QED) is 0.932. The number of hydrogen-bond acceptors (Lipinski definition) is 3. The van der Waals surface area contributed by atoms with E-state index in [0.29, 0.717) is 5.02 Å². The third-order valence-corrected chi connectivity index (χ3v) is 4.55. The summed E-state index contributed by atoms with van der Waals surface area (Å²) < 4.78 is 5.95. The van der Waals surface area contributed by atoms with Crippen molar-refractivity contribution in [3.63, 3.8) is 0 Å². The van der Waals surface area contributed by atoms with Gasteiger partial charge in [0.25, 0.3) is 0 Å². The lowest BCUT2D eigenvalue weighted by atomic mass is 10.1. The number of amides is 1. The van der Waals surface area contributed by atoms with Gasteiger partial charge in [0, 0.05) is 25.9 Å². The number of benzene rings is 1. The highest BCUT2D eigenvalue weighted by Crippen LogP contribution is 2.27. The van der Waals surface area contributed by atoms with Gasteiger partial charge in [0.15, 0.2) is 0 Å². The Morgan fingerprint density at radius 2 is 2.00 bits per heavy atom. The van der Waals surface area contributed by atoms with Crippen LogP contribution >= 0.6 is 11.6 Å². The van der Waals surface area contributed by atoms with E-state index in [2.05, 4.69) is 5.32 Å². The van der Waals surface area contributed by atoms with E-state index in [1.807, 2.05) is 29.2 Å². The zero-order valence-electron chi connectivity index (χ0n) is 12.1. The fraction of sp³-hybridized carbons (Fsp3) is 0.562. The zero-order valence-corrected chi connectivity index (χ0v) is 12.8. The normalized spacial score (nSPS) is 23.3. The van der Waals surface area contributed by atoms with Crippen LogP contribution in [0.25, 0.3) is 0 Å². The van der Waals surface area contributed by atoms with Crippen molar-refractivity contribution in [2.75, 3.05) is 19.6 Å². The van der Waals surface area contributed by atoms with Gasteiger partial charge in [0.2, 0.25) is 5.91 Å². The van der Waals surface area contributed by atoms with Gasteiger partial charge in [-0.1, -0.05) is 23.7 Å². The predicted molar refractivity (Wildman–Crippen MR) is 82.7 cm³/mol. The molecule has 0 bridgehead atoms. The van der Waals surface area contributed by atoms with Crippen molar-refractivity contribution in [2.24, 2.45) is 0 Å². The Morgan fingerprint density at radius 1 is 1.24 bits per heavy atom. The molecule has 0 spiro atoms. The number of nitrogens with zero attached hydrogens (tertiary/aromatic N) is 1. The van der Waals surface area contributed by atoms with Gasteiger partial charge in [-0.15, -0.1) is 0 Å². The van der Waals surface area contributed by atoms with Gasteiger partial charge in [-0.05, 0) is 31.5 Å². The molecule has 1 amide bonds. The Kier molecular flexibility index (Phi) is 4.66. The third-order valence-electron chi connectivity index (χ3n) is 4.24. The average molecular weight is 309 g/mol. The molecule has 3 rings (SSSR count). The first-order chi connectivity index (χ1) is 10.2. The van der Waals surface area contributed by atoms with Crippen LogP contribution in [-0.4, -0.2) is 42.6 Å². The molecule has 0 radical (unpaired) electrons. The Bertz CT molecular complexity index is 495. The maximum Gasteiger partial charge on any atom is 0.239 e. The predicted octanol–water partition coefficient (Wildman–Crippen LogP) is 2.46. The van der Waals surface area contributed by atoms with Crippen LogP contribution in [0.3, 0.4) is 0 Å². The van der Waals surface area contributed by atoms with Crippen molar-refractivity contribution in [1.82, 2.24) is 10.2 Å². The standard InChI is InChI=1S/C16H21ClN2O2/c17-13-4-1-2-6-15(13)21-12-7-10-19(11-8-12)16(20)14-5-3-9-18-14/h1-2,4,6,12,14,18H,3,5,7-11H2/t14-/m1/s1. The monoisotopic (exact) mass is 308 g/mol. The Morgan fingerprint density at radius 3 is 2.67 bits per heavy atom. The van der Waals surface area contributed by atoms with E-state index < -0.39 is 0 Å². The number of likely N-dealkylation sites (tertiary alicyclic amines) is 1. The maximum atomic E-state index is 12.3. The summed E-state index contributed by atoms with van der Waals surface area (Å²) in [6, 6.07) is 7.58. The number of carbonyl (C=O) groups is 1. The minimum absolute atomic E-state index is 0.0334. The molecule has 1 N–H and O–H groups in total. The van der Waals surface area contributed by atoms with Crippen LogP contribution in [0.4, 0.5) is 0 Å². The molecule has 1 atom stereocenters. The van der Waals surface area contributed by atoms with Crippen molar-refractivity contribution in [3.05, 3.63) is 29.3 Å². The lowest BCUT2D eigenvalue weighted by Gasteiger charge is -2.33. The molecule has 21 heavy (non-hydrogen) atoms. The highest BCUT2D eigenvalue weighted by molar-refractivity contribution is 6.32. The van der Waals surface area contributed by atoms with Gasteiger partial charge in [-0.3, -0.25) is 4.79 Å². The van der Waals surface area contributed by atoms with Crippen LogP contribution in [0.15, 0.2) is 24.3 Å². The van der Waals surface area contributed by atoms with Crippen LogP contribution in [0.1, 0.15) is 25.7 Å². The number of halogens is 1. The van der Waals surface area contributed by atoms with Crippen LogP contribution in [0.5, 0.6) is 5.75 Å². The van der Waals surface area contributed by atoms with E-state index in [4.69, 9.17) is 16.3 Å². The number of piperidine rings is 1. The van der Waals surface area contributed by atoms with Crippen LogP contribution in [-0.2, 0) is 4.79 Å². The molecule has 2 aliphatic rings. The lowest BCUT2D eigenvalue weighted by molar-refractivity contribution is -0.134. The van der Waals surface area contributed by atoms with E-state index in [1.54, 1.807) is 0 Å². The number of carbonyl (C=O) groups excluding carboxylic acids is 1. The molecule has 0 unspecified atom stereocenters. The maximum absolute atomic E-state index is 12.3. The zero-order chi connectivity index (χ0) is 14.7. The molecule has 114 valence electrons. The first kappa shape index (κ1) is 14.7. The van der Waals surface area contributed by atoms with E-state index in [9.17, 15) is 4.79 Å². The van der Waals surface area contributed by atoms with Gasteiger partial charge >= 0.3 is 0 Å². The molecule has 5 heteroatoms. The lowest BCUT2D eigenvalue weighted by Crippen LogP contribution is -2.48. The fourth-order valence-corrected chi connectivity index (χ4v) is 3.21. The number of nitrogens with one attached hydrogen (secondary N) is 1. The molecule has 0 saturated carbocycles. The summed E-state index contributed by atoms with van der Waals surface area (Å²) in [6.45, 7) is 2.50. The number of ether oxygens (including phenoxy) is 1. The van der Waals surface area contributed by atoms with Crippen LogP contribution < -0.4 is 10.1 Å². The van der Waals surface area contributed by atoms with Crippen molar-refractivity contribution in [3.8, 4) is 5.75 Å².